The molecule has 6 rings (SSSR count). The van der Waals surface area contributed by atoms with Crippen molar-refractivity contribution < 1.29 is 9.21 Å². The van der Waals surface area contributed by atoms with Gasteiger partial charge in [0.05, 0.1) is 20.5 Å². The number of piperidine rings is 3. The molecule has 134 valence electrons. The van der Waals surface area contributed by atoms with E-state index >= 15 is 0 Å². The maximum atomic E-state index is 13.0. The summed E-state index contributed by atoms with van der Waals surface area (Å²) in [5, 5.41) is 5.28. The number of halogens is 1. The number of benzene rings is 1. The molecule has 5 nitrogen and oxygen atoms in total. The Bertz CT molecular complexity index is 945. The number of alkyl halides is 1. The first kappa shape index (κ1) is 16.7. The highest BCUT2D eigenvalue weighted by Gasteiger charge is 2.41. The Kier molecular flexibility index (Phi) is 4.25. The Morgan fingerprint density at radius 3 is 2.85 bits per heavy atom. The molecule has 1 N–H and O–H groups in total. The van der Waals surface area contributed by atoms with Crippen molar-refractivity contribution in [3.8, 4) is 10.8 Å². The number of rotatable bonds is 3. The van der Waals surface area contributed by atoms with E-state index in [1.54, 1.807) is 11.3 Å². The summed E-state index contributed by atoms with van der Waals surface area (Å²) in [7, 11) is 0. The zero-order chi connectivity index (χ0) is 17.7. The van der Waals surface area contributed by atoms with Gasteiger partial charge in [-0.25, -0.2) is 4.98 Å². The molecule has 3 fully saturated rings. The smallest absolute Gasteiger partial charge is 0.253 e. The maximum absolute atomic E-state index is 13.0. The number of hydrogen-bond donors (Lipinski definition) is 1. The van der Waals surface area contributed by atoms with Crippen LogP contribution in [0.3, 0.4) is 0 Å². The van der Waals surface area contributed by atoms with Crippen molar-refractivity contribution in [1.82, 2.24) is 15.2 Å². The monoisotopic (exact) mass is 479 g/mol. The molecular weight excluding hydrogens is 461 g/mol. The van der Waals surface area contributed by atoms with Crippen LogP contribution in [0.5, 0.6) is 0 Å². The Morgan fingerprint density at radius 2 is 2.12 bits per heavy atom. The average Bonchev–Trinajstić information content (AvgIpc) is 3.33. The van der Waals surface area contributed by atoms with E-state index in [0.717, 1.165) is 18.0 Å². The molecule has 2 atom stereocenters. The van der Waals surface area contributed by atoms with E-state index in [4.69, 9.17) is 4.42 Å². The highest BCUT2D eigenvalue weighted by atomic mass is 127. The number of carbonyl (C=O) groups is 1. The van der Waals surface area contributed by atoms with Crippen LogP contribution in [0.4, 0.5) is 0 Å². The van der Waals surface area contributed by atoms with Gasteiger partial charge in [-0.05, 0) is 55.4 Å². The van der Waals surface area contributed by atoms with Gasteiger partial charge in [-0.15, -0.1) is 11.3 Å². The van der Waals surface area contributed by atoms with E-state index in [1.807, 2.05) is 35.7 Å². The van der Waals surface area contributed by atoms with Crippen LogP contribution in [0.2, 0.25) is 0 Å². The summed E-state index contributed by atoms with van der Waals surface area (Å²) in [4.78, 5) is 21.1. The van der Waals surface area contributed by atoms with Crippen LogP contribution in [0.25, 0.3) is 21.9 Å². The number of oxazole rings is 1. The lowest BCUT2D eigenvalue weighted by Crippen LogP contribution is -2.61. The third-order valence-electron chi connectivity index (χ3n) is 5.42. The zero-order valence-electron chi connectivity index (χ0n) is 14.0. The van der Waals surface area contributed by atoms with E-state index in [9.17, 15) is 4.79 Å². The first-order valence-electron chi connectivity index (χ1n) is 8.83. The van der Waals surface area contributed by atoms with Crippen molar-refractivity contribution in [2.24, 2.45) is 5.92 Å². The number of carbonyl (C=O) groups excluding carboxylic acids is 1. The minimum atomic E-state index is -0.0537. The lowest BCUT2D eigenvalue weighted by Gasteiger charge is -2.48. The van der Waals surface area contributed by atoms with Crippen LogP contribution in [0.15, 0.2) is 40.1 Å². The molecule has 0 aliphatic carbocycles. The Labute approximate surface area is 168 Å². The lowest BCUT2D eigenvalue weighted by atomic mass is 9.84. The van der Waals surface area contributed by atoms with Gasteiger partial charge in [0.1, 0.15) is 5.52 Å². The van der Waals surface area contributed by atoms with Gasteiger partial charge in [-0.3, -0.25) is 9.69 Å². The number of aromatic nitrogens is 1. The van der Waals surface area contributed by atoms with Crippen LogP contribution < -0.4 is 5.32 Å². The Hall–Kier alpha value is -1.45. The molecule has 3 saturated heterocycles. The predicted octanol–water partition coefficient (Wildman–Crippen LogP) is 4.14. The Balaban J connectivity index is 1.46. The maximum Gasteiger partial charge on any atom is 0.253 e. The molecule has 5 heterocycles. The van der Waals surface area contributed by atoms with E-state index in [0.29, 0.717) is 32.5 Å². The van der Waals surface area contributed by atoms with Gasteiger partial charge in [-0.2, -0.15) is 0 Å². The van der Waals surface area contributed by atoms with Gasteiger partial charge in [0.25, 0.3) is 5.91 Å². The van der Waals surface area contributed by atoms with Gasteiger partial charge >= 0.3 is 0 Å². The van der Waals surface area contributed by atoms with Gasteiger partial charge < -0.3 is 9.73 Å². The highest BCUT2D eigenvalue weighted by molar-refractivity contribution is 14.1. The van der Waals surface area contributed by atoms with Crippen LogP contribution in [0, 0.1) is 5.92 Å². The number of thiophene rings is 1. The fourth-order valence-electron chi connectivity index (χ4n) is 4.03. The second kappa shape index (κ2) is 6.61. The number of nitrogens with one attached hydrogen (secondary N) is 1. The average molecular weight is 479 g/mol. The number of hydrogen-bond acceptors (Lipinski definition) is 5. The van der Waals surface area contributed by atoms with Crippen molar-refractivity contribution >= 4 is 50.9 Å². The fourth-order valence-corrected chi connectivity index (χ4v) is 6.00. The molecule has 26 heavy (non-hydrogen) atoms. The lowest BCUT2D eigenvalue weighted by molar-refractivity contribution is 0.0554. The molecule has 2 aromatic heterocycles. The van der Waals surface area contributed by atoms with Crippen molar-refractivity contribution in [1.29, 1.82) is 0 Å². The van der Waals surface area contributed by atoms with E-state index in [2.05, 4.69) is 37.8 Å². The molecule has 2 bridgehead atoms. The van der Waals surface area contributed by atoms with Crippen molar-refractivity contribution in [2.45, 2.75) is 22.9 Å². The van der Waals surface area contributed by atoms with Gasteiger partial charge in [0, 0.05) is 0 Å². The first-order valence-corrected chi connectivity index (χ1v) is 11.0. The molecule has 3 aromatic rings. The summed E-state index contributed by atoms with van der Waals surface area (Å²) in [5.74, 6) is 1.09. The summed E-state index contributed by atoms with van der Waals surface area (Å²) in [6.07, 6.45) is 2.34. The summed E-state index contributed by atoms with van der Waals surface area (Å²) in [6.45, 7) is 2.29. The van der Waals surface area contributed by atoms with E-state index in [-0.39, 0.29) is 11.9 Å². The summed E-state index contributed by atoms with van der Waals surface area (Å²) >= 11 is 4.05. The van der Waals surface area contributed by atoms with E-state index in [1.165, 1.54) is 12.8 Å². The molecule has 3 aliphatic rings. The largest absolute Gasteiger partial charge is 0.435 e. The molecule has 7 heteroatoms. The van der Waals surface area contributed by atoms with Gasteiger partial charge in [0.2, 0.25) is 5.89 Å². The first-order chi connectivity index (χ1) is 12.7. The third-order valence-corrected chi connectivity index (χ3v) is 7.84. The second-order valence-corrected chi connectivity index (χ2v) is 9.12. The van der Waals surface area contributed by atoms with E-state index < -0.39 is 0 Å². The summed E-state index contributed by atoms with van der Waals surface area (Å²) < 4.78 is 6.24. The molecule has 0 saturated carbocycles. The summed E-state index contributed by atoms with van der Waals surface area (Å²) in [5.41, 5.74) is 1.88. The fraction of sp³-hybridized carbons (Fsp3) is 0.368. The van der Waals surface area contributed by atoms with Gasteiger partial charge in [-0.1, -0.05) is 34.7 Å². The molecule has 2 unspecified atom stereocenters. The Morgan fingerprint density at radius 1 is 1.27 bits per heavy atom. The van der Waals surface area contributed by atoms with Crippen molar-refractivity contribution in [3.05, 3.63) is 41.3 Å². The normalized spacial score (nSPS) is 27.7. The van der Waals surface area contributed by atoms with Crippen LogP contribution in [-0.2, 0) is 0 Å². The van der Waals surface area contributed by atoms with Crippen LogP contribution in [-0.4, -0.2) is 39.0 Å². The molecule has 1 amide bonds. The highest BCUT2D eigenvalue weighted by Crippen LogP contribution is 2.36. The standard InChI is InChI=1S/C19H18IN3O2S/c20-17-15(11-6-8-23(17)9-7-11)21-18(24)12-3-1-4-13-16(12)22-19(25-13)14-5-2-10-26-14/h1-5,10-11,15,17H,6-9H2,(H,21,24). The number of amides is 1. The second-order valence-electron chi connectivity index (χ2n) is 6.89. The SMILES string of the molecule is O=C(NC1C2CCN(CC2)C1I)c1cccc2oc(-c3cccs3)nc12. The number of fused-ring (bicyclic) bond motifs is 4. The van der Waals surface area contributed by atoms with Crippen LogP contribution >= 0.6 is 33.9 Å². The minimum Gasteiger partial charge on any atom is -0.435 e. The third kappa shape index (κ3) is 2.76. The number of nitrogens with zero attached hydrogens (tertiary/aromatic N) is 2. The molecular formula is C19H18IN3O2S. The zero-order valence-corrected chi connectivity index (χ0v) is 17.0. The quantitative estimate of drug-likeness (QED) is 0.349. The minimum absolute atomic E-state index is 0.0537. The molecule has 1 aromatic carbocycles. The predicted molar refractivity (Wildman–Crippen MR) is 111 cm³/mol. The van der Waals surface area contributed by atoms with Crippen molar-refractivity contribution in [3.63, 3.8) is 0 Å². The molecule has 3 aliphatic heterocycles. The topological polar surface area (TPSA) is 58.4 Å². The van der Waals surface area contributed by atoms with Crippen LogP contribution in [0.1, 0.15) is 23.2 Å². The van der Waals surface area contributed by atoms with Gasteiger partial charge in [0.15, 0.2) is 5.58 Å². The molecule has 0 spiro atoms. The van der Waals surface area contributed by atoms with Crippen molar-refractivity contribution in [2.75, 3.05) is 13.1 Å². The summed E-state index contributed by atoms with van der Waals surface area (Å²) in [6, 6.07) is 9.70. The molecule has 0 radical (unpaired) electrons. The number of para-hydroxylation sites is 1.